The number of ether oxygens (including phenoxy) is 1. The molecule has 0 spiro atoms. The number of carbonyl (C=O) groups excluding carboxylic acids is 1. The maximum atomic E-state index is 11.5. The lowest BCUT2D eigenvalue weighted by molar-refractivity contribution is -0.141. The number of rotatable bonds is 6. The molecule has 0 aliphatic carbocycles. The second-order valence-electron chi connectivity index (χ2n) is 5.85. The van der Waals surface area contributed by atoms with Crippen LogP contribution in [0, 0.1) is 13.8 Å². The van der Waals surface area contributed by atoms with E-state index in [0.717, 1.165) is 0 Å². The smallest absolute Gasteiger partial charge is 0.307 e. The molecule has 31 heavy (non-hydrogen) atoms. The van der Waals surface area contributed by atoms with Gasteiger partial charge in [-0.25, -0.2) is 0 Å². The molecule has 0 aliphatic rings. The van der Waals surface area contributed by atoms with Crippen LogP contribution in [-0.2, 0) is 27.4 Å². The monoisotopic (exact) mass is 436 g/mol. The largest absolute Gasteiger partial charge is 0.481 e. The van der Waals surface area contributed by atoms with Crippen molar-refractivity contribution < 1.29 is 19.4 Å². The molecule has 0 fully saturated rings. The predicted octanol–water partition coefficient (Wildman–Crippen LogP) is 3.40. The molecule has 0 atom stereocenters. The minimum atomic E-state index is -0.895. The van der Waals surface area contributed by atoms with Crippen LogP contribution in [0.4, 0.5) is 0 Å². The van der Waals surface area contributed by atoms with E-state index >= 15 is 0 Å². The Morgan fingerprint density at radius 1 is 0.839 bits per heavy atom. The highest BCUT2D eigenvalue weighted by atomic mass is 16.5. The molecular weight excluding hydrogens is 400 g/mol. The van der Waals surface area contributed by atoms with Crippen molar-refractivity contribution in [1.29, 1.82) is 0 Å². The molecule has 0 unspecified atom stereocenters. The van der Waals surface area contributed by atoms with Crippen molar-refractivity contribution in [3.63, 3.8) is 0 Å². The summed E-state index contributed by atoms with van der Waals surface area (Å²) in [5.74, 6) is -1.20. The van der Waals surface area contributed by atoms with E-state index < -0.39 is 5.97 Å². The van der Waals surface area contributed by atoms with Gasteiger partial charge in [0.1, 0.15) is 0 Å². The average molecular weight is 437 g/mol. The van der Waals surface area contributed by atoms with Gasteiger partial charge in [-0.3, -0.25) is 19.2 Å². The van der Waals surface area contributed by atoms with Crippen LogP contribution in [0.3, 0.4) is 0 Å². The normalized spacial score (nSPS) is 9.00. The zero-order chi connectivity index (χ0) is 24.4. The Balaban J connectivity index is 0. The fraction of sp³-hybridized carbons (Fsp3) is 0.478. The van der Waals surface area contributed by atoms with E-state index in [1.807, 2.05) is 27.7 Å². The molecule has 0 aliphatic heterocycles. The highest BCUT2D eigenvalue weighted by molar-refractivity contribution is 5.69. The Morgan fingerprint density at radius 3 is 1.58 bits per heavy atom. The van der Waals surface area contributed by atoms with Crippen LogP contribution >= 0.6 is 0 Å². The molecule has 0 saturated carbocycles. The topological polar surface area (TPSA) is 108 Å². The van der Waals surface area contributed by atoms with E-state index in [9.17, 15) is 19.2 Å². The molecule has 8 heteroatoms. The number of aliphatic carboxylic acids is 1. The Kier molecular flexibility index (Phi) is 17.1. The first kappa shape index (κ1) is 30.0. The van der Waals surface area contributed by atoms with Crippen molar-refractivity contribution >= 4 is 11.9 Å². The number of carboxylic acid groups (broad SMARTS) is 1. The number of methoxy groups -OCH3 is 1. The maximum Gasteiger partial charge on any atom is 0.307 e. The highest BCUT2D eigenvalue weighted by Crippen LogP contribution is 1.93. The van der Waals surface area contributed by atoms with Gasteiger partial charge < -0.3 is 19.0 Å². The number of nitrogens with zero attached hydrogens (tertiary/aromatic N) is 2. The van der Waals surface area contributed by atoms with Crippen LogP contribution in [0.15, 0.2) is 46.2 Å². The van der Waals surface area contributed by atoms with Gasteiger partial charge in [-0.1, -0.05) is 39.8 Å². The number of aryl methyl sites for hydroxylation is 4. The molecule has 2 aromatic heterocycles. The fourth-order valence-corrected chi connectivity index (χ4v) is 2.20. The summed E-state index contributed by atoms with van der Waals surface area (Å²) in [7, 11) is 1.33. The highest BCUT2D eigenvalue weighted by Gasteiger charge is 2.03. The number of esters is 1. The lowest BCUT2D eigenvalue weighted by Gasteiger charge is -2.04. The molecule has 174 valence electrons. The molecule has 0 radical (unpaired) electrons. The van der Waals surface area contributed by atoms with Crippen molar-refractivity contribution in [1.82, 2.24) is 9.13 Å². The summed E-state index contributed by atoms with van der Waals surface area (Å²) in [4.78, 5) is 43.9. The lowest BCUT2D eigenvalue weighted by Crippen LogP contribution is -2.22. The van der Waals surface area contributed by atoms with Crippen molar-refractivity contribution in [2.45, 2.75) is 67.5 Å². The molecule has 0 saturated heterocycles. The van der Waals surface area contributed by atoms with Crippen molar-refractivity contribution in [2.75, 3.05) is 7.11 Å². The molecule has 0 bridgehead atoms. The number of carboxylic acids is 1. The second kappa shape index (κ2) is 17.7. The first-order chi connectivity index (χ1) is 14.8. The number of aromatic nitrogens is 2. The zero-order valence-electron chi connectivity index (χ0n) is 19.7. The molecule has 0 aromatic carbocycles. The number of pyridine rings is 2. The summed E-state index contributed by atoms with van der Waals surface area (Å²) >= 11 is 0. The molecule has 2 heterocycles. The maximum absolute atomic E-state index is 11.5. The minimum Gasteiger partial charge on any atom is -0.481 e. The van der Waals surface area contributed by atoms with Crippen molar-refractivity contribution in [2.24, 2.45) is 0 Å². The Bertz CT molecular complexity index is 899. The first-order valence-corrected chi connectivity index (χ1v) is 10.4. The van der Waals surface area contributed by atoms with Gasteiger partial charge >= 0.3 is 11.9 Å². The Morgan fingerprint density at radius 2 is 1.23 bits per heavy atom. The van der Waals surface area contributed by atoms with Crippen LogP contribution in [0.5, 0.6) is 0 Å². The standard InChI is InChI=1S/C10H13NO3.C9H11NO3.2C2H6/c1-8-4-3-6-11(10(8)13)7-5-9(12)14-2;1-7-3-2-5-10(9(7)13)6-4-8(11)12;2*1-2/h3-4,6H,5,7H2,1-2H3;2-3,5H,4,6H2,1H3,(H,11,12);2*1-2H3. The SMILES string of the molecule is CC.CC.COC(=O)CCn1cccc(C)c1=O.Cc1cccn(CCC(=O)O)c1=O. The molecular formula is C23H36N2O6. The van der Waals surface area contributed by atoms with E-state index in [0.29, 0.717) is 17.7 Å². The Labute approximate surface area is 184 Å². The summed E-state index contributed by atoms with van der Waals surface area (Å²) < 4.78 is 7.40. The van der Waals surface area contributed by atoms with Gasteiger partial charge in [-0.15, -0.1) is 0 Å². The third-order valence-corrected chi connectivity index (χ3v) is 3.77. The van der Waals surface area contributed by atoms with Crippen molar-refractivity contribution in [3.05, 3.63) is 68.5 Å². The number of carbonyl (C=O) groups is 2. The zero-order valence-corrected chi connectivity index (χ0v) is 19.7. The van der Waals surface area contributed by atoms with Crippen LogP contribution in [0.25, 0.3) is 0 Å². The minimum absolute atomic E-state index is 0.0244. The van der Waals surface area contributed by atoms with Gasteiger partial charge in [0, 0.05) is 36.6 Å². The van der Waals surface area contributed by atoms with Crippen LogP contribution in [-0.4, -0.2) is 33.3 Å². The molecule has 8 nitrogen and oxygen atoms in total. The summed E-state index contributed by atoms with van der Waals surface area (Å²) in [6.07, 6.45) is 3.46. The Hall–Kier alpha value is -3.16. The lowest BCUT2D eigenvalue weighted by atomic mass is 10.3. The molecule has 0 amide bonds. The molecule has 2 rings (SSSR count). The third-order valence-electron chi connectivity index (χ3n) is 3.77. The summed E-state index contributed by atoms with van der Waals surface area (Å²) in [5, 5.41) is 8.42. The first-order valence-electron chi connectivity index (χ1n) is 10.4. The van der Waals surface area contributed by atoms with E-state index in [1.165, 1.54) is 16.2 Å². The number of hydrogen-bond acceptors (Lipinski definition) is 5. The van der Waals surface area contributed by atoms with Gasteiger partial charge in [-0.05, 0) is 26.0 Å². The molecule has 2 aromatic rings. The van der Waals surface area contributed by atoms with Crippen LogP contribution in [0.1, 0.15) is 51.7 Å². The summed E-state index contributed by atoms with van der Waals surface area (Å²) in [6, 6.07) is 6.98. The van der Waals surface area contributed by atoms with E-state index in [-0.39, 0.29) is 36.5 Å². The fourth-order valence-electron chi connectivity index (χ4n) is 2.20. The van der Waals surface area contributed by atoms with Gasteiger partial charge in [0.15, 0.2) is 0 Å². The quantitative estimate of drug-likeness (QED) is 0.696. The predicted molar refractivity (Wildman–Crippen MR) is 122 cm³/mol. The van der Waals surface area contributed by atoms with Gasteiger partial charge in [0.05, 0.1) is 20.0 Å². The van der Waals surface area contributed by atoms with E-state index in [4.69, 9.17) is 5.11 Å². The second-order valence-corrected chi connectivity index (χ2v) is 5.85. The van der Waals surface area contributed by atoms with E-state index in [2.05, 4.69) is 4.74 Å². The summed E-state index contributed by atoms with van der Waals surface area (Å²) in [6.45, 7) is 12.1. The molecule has 1 N–H and O–H groups in total. The van der Waals surface area contributed by atoms with Crippen LogP contribution < -0.4 is 11.1 Å². The number of hydrogen-bond donors (Lipinski definition) is 1. The summed E-state index contributed by atoms with van der Waals surface area (Å²) in [5.41, 5.74) is 1.13. The third kappa shape index (κ3) is 12.2. The van der Waals surface area contributed by atoms with Gasteiger partial charge in [0.25, 0.3) is 11.1 Å². The van der Waals surface area contributed by atoms with E-state index in [1.54, 1.807) is 50.5 Å². The van der Waals surface area contributed by atoms with Gasteiger partial charge in [-0.2, -0.15) is 0 Å². The van der Waals surface area contributed by atoms with Crippen LogP contribution in [0.2, 0.25) is 0 Å². The van der Waals surface area contributed by atoms with Crippen molar-refractivity contribution in [3.8, 4) is 0 Å². The van der Waals surface area contributed by atoms with Gasteiger partial charge in [0.2, 0.25) is 0 Å². The average Bonchev–Trinajstić information content (AvgIpc) is 2.78.